The van der Waals surface area contributed by atoms with Crippen LogP contribution in [-0.2, 0) is 13.6 Å². The average molecular weight is 266 g/mol. The van der Waals surface area contributed by atoms with Crippen molar-refractivity contribution in [3.05, 3.63) is 44.2 Å². The van der Waals surface area contributed by atoms with Crippen molar-refractivity contribution < 1.29 is 4.92 Å². The SMILES string of the molecule is Cn1c(=O)cc2c3c(c([N+](=O)[O-])ccc31)CN2Cl. The zero-order chi connectivity index (χ0) is 13.0. The molecule has 1 aromatic heterocycles. The first-order chi connectivity index (χ1) is 8.50. The molecule has 0 bridgehead atoms. The van der Waals surface area contributed by atoms with Gasteiger partial charge in [0.25, 0.3) is 11.2 Å². The van der Waals surface area contributed by atoms with Crippen LogP contribution in [0.5, 0.6) is 0 Å². The molecule has 0 spiro atoms. The first-order valence-corrected chi connectivity index (χ1v) is 5.58. The molecule has 0 saturated heterocycles. The lowest BCUT2D eigenvalue weighted by Crippen LogP contribution is -2.16. The Labute approximate surface area is 106 Å². The highest BCUT2D eigenvalue weighted by Gasteiger charge is 2.29. The topological polar surface area (TPSA) is 68.4 Å². The van der Waals surface area contributed by atoms with Gasteiger partial charge in [0, 0.05) is 36.3 Å². The molecule has 0 aliphatic carbocycles. The van der Waals surface area contributed by atoms with E-state index in [4.69, 9.17) is 11.8 Å². The smallest absolute Gasteiger partial charge is 0.275 e. The van der Waals surface area contributed by atoms with Crippen LogP contribution in [0, 0.1) is 10.1 Å². The molecule has 1 aliphatic rings. The van der Waals surface area contributed by atoms with Crippen molar-refractivity contribution in [2.24, 2.45) is 7.05 Å². The molecule has 0 unspecified atom stereocenters. The van der Waals surface area contributed by atoms with Gasteiger partial charge in [0.05, 0.1) is 28.2 Å². The monoisotopic (exact) mass is 265 g/mol. The first kappa shape index (κ1) is 11.0. The van der Waals surface area contributed by atoms with E-state index < -0.39 is 4.92 Å². The molecule has 92 valence electrons. The van der Waals surface area contributed by atoms with Crippen molar-refractivity contribution in [1.29, 1.82) is 0 Å². The van der Waals surface area contributed by atoms with Crippen molar-refractivity contribution in [1.82, 2.24) is 4.57 Å². The van der Waals surface area contributed by atoms with Crippen molar-refractivity contribution in [2.45, 2.75) is 6.54 Å². The molecule has 0 atom stereocenters. The molecule has 3 rings (SSSR count). The number of hydrogen-bond acceptors (Lipinski definition) is 4. The molecule has 2 aromatic rings. The summed E-state index contributed by atoms with van der Waals surface area (Å²) in [4.78, 5) is 22.3. The fourth-order valence-electron chi connectivity index (χ4n) is 2.34. The average Bonchev–Trinajstić information content (AvgIpc) is 2.63. The second kappa shape index (κ2) is 3.46. The predicted molar refractivity (Wildman–Crippen MR) is 67.9 cm³/mol. The third kappa shape index (κ3) is 1.26. The summed E-state index contributed by atoms with van der Waals surface area (Å²) in [5, 5.41) is 11.7. The molecule has 18 heavy (non-hydrogen) atoms. The Balaban J connectivity index is 2.53. The van der Waals surface area contributed by atoms with E-state index >= 15 is 0 Å². The van der Waals surface area contributed by atoms with Gasteiger partial charge in [0.2, 0.25) is 0 Å². The Morgan fingerprint density at radius 2 is 2.17 bits per heavy atom. The van der Waals surface area contributed by atoms with Crippen LogP contribution in [0.4, 0.5) is 11.4 Å². The summed E-state index contributed by atoms with van der Waals surface area (Å²) >= 11 is 6.01. The standard InChI is InChI=1S/C11H8ClN3O3/c1-13-8-3-2-7(15(17)18)6-5-14(12)9(11(6)8)4-10(13)16/h2-4H,5H2,1H3. The maximum absolute atomic E-state index is 11.7. The number of hydrogen-bond donors (Lipinski definition) is 0. The fraction of sp³-hybridized carbons (Fsp3) is 0.182. The number of nitrogens with zero attached hydrogens (tertiary/aromatic N) is 3. The van der Waals surface area contributed by atoms with Gasteiger partial charge >= 0.3 is 0 Å². The molecule has 1 aliphatic heterocycles. The van der Waals surface area contributed by atoms with Crippen molar-refractivity contribution >= 4 is 34.1 Å². The minimum atomic E-state index is -0.431. The molecule has 1 aromatic carbocycles. The van der Waals surface area contributed by atoms with E-state index in [0.29, 0.717) is 22.2 Å². The molecule has 0 radical (unpaired) electrons. The highest BCUT2D eigenvalue weighted by molar-refractivity contribution is 6.29. The lowest BCUT2D eigenvalue weighted by Gasteiger charge is -2.08. The van der Waals surface area contributed by atoms with E-state index in [-0.39, 0.29) is 17.8 Å². The van der Waals surface area contributed by atoms with E-state index in [1.807, 2.05) is 0 Å². The number of benzene rings is 1. The Morgan fingerprint density at radius 3 is 2.83 bits per heavy atom. The van der Waals surface area contributed by atoms with Gasteiger partial charge in [-0.1, -0.05) is 0 Å². The molecule has 2 heterocycles. The number of aromatic nitrogens is 1. The van der Waals surface area contributed by atoms with Crippen LogP contribution in [-0.4, -0.2) is 9.49 Å². The van der Waals surface area contributed by atoms with Crippen LogP contribution in [0.1, 0.15) is 5.56 Å². The zero-order valence-corrected chi connectivity index (χ0v) is 10.1. The highest BCUT2D eigenvalue weighted by atomic mass is 35.5. The number of aryl methyl sites for hydroxylation is 1. The van der Waals surface area contributed by atoms with Gasteiger partial charge in [0.15, 0.2) is 0 Å². The van der Waals surface area contributed by atoms with Gasteiger partial charge in [-0.25, -0.2) is 0 Å². The summed E-state index contributed by atoms with van der Waals surface area (Å²) in [5.41, 5.74) is 1.59. The summed E-state index contributed by atoms with van der Waals surface area (Å²) in [6.45, 7) is 0.230. The van der Waals surface area contributed by atoms with Crippen molar-refractivity contribution in [3.8, 4) is 0 Å². The number of pyridine rings is 1. The Kier molecular flexibility index (Phi) is 2.12. The third-order valence-corrected chi connectivity index (χ3v) is 3.53. The lowest BCUT2D eigenvalue weighted by atomic mass is 10.1. The van der Waals surface area contributed by atoms with E-state index in [2.05, 4.69) is 0 Å². The summed E-state index contributed by atoms with van der Waals surface area (Å²) in [6.07, 6.45) is 0. The van der Waals surface area contributed by atoms with Crippen LogP contribution in [0.25, 0.3) is 10.9 Å². The lowest BCUT2D eigenvalue weighted by molar-refractivity contribution is -0.385. The first-order valence-electron chi connectivity index (χ1n) is 5.24. The second-order valence-electron chi connectivity index (χ2n) is 4.16. The van der Waals surface area contributed by atoms with E-state index in [1.165, 1.54) is 21.1 Å². The number of halogens is 1. The van der Waals surface area contributed by atoms with E-state index in [0.717, 1.165) is 0 Å². The number of rotatable bonds is 1. The number of nitro benzene ring substituents is 1. The van der Waals surface area contributed by atoms with Gasteiger partial charge in [-0.3, -0.25) is 19.3 Å². The molecule has 7 heteroatoms. The van der Waals surface area contributed by atoms with Crippen molar-refractivity contribution in [2.75, 3.05) is 4.42 Å². The van der Waals surface area contributed by atoms with Crippen LogP contribution in [0.3, 0.4) is 0 Å². The maximum atomic E-state index is 11.7. The fourth-order valence-corrected chi connectivity index (χ4v) is 2.59. The van der Waals surface area contributed by atoms with Crippen LogP contribution in [0.15, 0.2) is 23.0 Å². The molecular formula is C11H8ClN3O3. The minimum Gasteiger partial charge on any atom is -0.311 e. The van der Waals surface area contributed by atoms with Crippen LogP contribution in [0.2, 0.25) is 0 Å². The molecular weight excluding hydrogens is 258 g/mol. The Bertz CT molecular complexity index is 753. The maximum Gasteiger partial charge on any atom is 0.275 e. The summed E-state index contributed by atoms with van der Waals surface area (Å²) < 4.78 is 2.80. The number of anilines is 1. The second-order valence-corrected chi connectivity index (χ2v) is 4.57. The Morgan fingerprint density at radius 1 is 1.44 bits per heavy atom. The summed E-state index contributed by atoms with van der Waals surface area (Å²) in [5.74, 6) is 0. The normalized spacial score (nSPS) is 13.3. The molecule has 0 fully saturated rings. The van der Waals surface area contributed by atoms with Gasteiger partial charge in [-0.2, -0.15) is 0 Å². The predicted octanol–water partition coefficient (Wildman–Crippen LogP) is 1.92. The summed E-state index contributed by atoms with van der Waals surface area (Å²) in [6, 6.07) is 4.39. The third-order valence-electron chi connectivity index (χ3n) is 3.23. The zero-order valence-electron chi connectivity index (χ0n) is 9.38. The molecule has 0 amide bonds. The van der Waals surface area contributed by atoms with Crippen LogP contribution < -0.4 is 9.98 Å². The molecule has 6 nitrogen and oxygen atoms in total. The largest absolute Gasteiger partial charge is 0.311 e. The van der Waals surface area contributed by atoms with Gasteiger partial charge in [-0.15, -0.1) is 0 Å². The van der Waals surface area contributed by atoms with Gasteiger partial charge < -0.3 is 4.57 Å². The number of nitro groups is 1. The van der Waals surface area contributed by atoms with E-state index in [1.54, 1.807) is 13.1 Å². The van der Waals surface area contributed by atoms with Crippen molar-refractivity contribution in [3.63, 3.8) is 0 Å². The Hall–Kier alpha value is -2.08. The minimum absolute atomic E-state index is 0.0329. The highest BCUT2D eigenvalue weighted by Crippen LogP contribution is 2.41. The summed E-state index contributed by atoms with van der Waals surface area (Å²) in [7, 11) is 1.63. The quantitative estimate of drug-likeness (QED) is 0.449. The molecule has 0 N–H and O–H groups in total. The van der Waals surface area contributed by atoms with Gasteiger partial charge in [0.1, 0.15) is 0 Å². The molecule has 0 saturated carbocycles. The van der Waals surface area contributed by atoms with E-state index in [9.17, 15) is 14.9 Å². The van der Waals surface area contributed by atoms with Gasteiger partial charge in [-0.05, 0) is 6.07 Å². The van der Waals surface area contributed by atoms with Crippen LogP contribution >= 0.6 is 11.8 Å².